The molecule has 6 heteroatoms. The van der Waals surface area contributed by atoms with Gasteiger partial charge in [0.25, 0.3) is 0 Å². The molecule has 1 amide bonds. The molecule has 2 rings (SSSR count). The van der Waals surface area contributed by atoms with Crippen molar-refractivity contribution < 1.29 is 9.53 Å². The van der Waals surface area contributed by atoms with Crippen LogP contribution in [0.5, 0.6) is 0 Å². The molecule has 1 saturated carbocycles. The Kier molecular flexibility index (Phi) is 5.19. The van der Waals surface area contributed by atoms with Gasteiger partial charge in [0.2, 0.25) is 0 Å². The lowest BCUT2D eigenvalue weighted by Crippen LogP contribution is -2.48. The maximum atomic E-state index is 12.3. The number of likely N-dealkylation sites (tertiary alicyclic amines) is 1. The number of hydrogen-bond donors (Lipinski definition) is 1. The number of guanidine groups is 1. The summed E-state index contributed by atoms with van der Waals surface area (Å²) >= 11 is 0. The van der Waals surface area contributed by atoms with Gasteiger partial charge in [-0.3, -0.25) is 4.99 Å². The van der Waals surface area contributed by atoms with Crippen LogP contribution in [0.3, 0.4) is 0 Å². The molecule has 1 heterocycles. The van der Waals surface area contributed by atoms with Crippen molar-refractivity contribution in [3.05, 3.63) is 0 Å². The summed E-state index contributed by atoms with van der Waals surface area (Å²) in [5, 5.41) is 0. The monoisotopic (exact) mass is 310 g/mol. The van der Waals surface area contributed by atoms with E-state index in [-0.39, 0.29) is 12.1 Å². The number of amides is 1. The summed E-state index contributed by atoms with van der Waals surface area (Å²) in [5.41, 5.74) is 5.58. The first-order valence-electron chi connectivity index (χ1n) is 8.30. The smallest absolute Gasteiger partial charge is 0.410 e. The lowest BCUT2D eigenvalue weighted by Gasteiger charge is -2.36. The number of aliphatic imine (C=N–C) groups is 1. The van der Waals surface area contributed by atoms with Crippen molar-refractivity contribution in [3.8, 4) is 0 Å². The van der Waals surface area contributed by atoms with Gasteiger partial charge in [0.15, 0.2) is 5.96 Å². The first-order valence-corrected chi connectivity index (χ1v) is 8.30. The largest absolute Gasteiger partial charge is 0.444 e. The van der Waals surface area contributed by atoms with E-state index in [2.05, 4.69) is 4.99 Å². The van der Waals surface area contributed by atoms with Crippen molar-refractivity contribution in [1.29, 1.82) is 0 Å². The summed E-state index contributed by atoms with van der Waals surface area (Å²) in [5.74, 6) is 0.581. The van der Waals surface area contributed by atoms with Gasteiger partial charge in [0, 0.05) is 19.6 Å². The second kappa shape index (κ2) is 6.75. The van der Waals surface area contributed by atoms with E-state index in [9.17, 15) is 4.79 Å². The Morgan fingerprint density at radius 3 is 2.59 bits per heavy atom. The zero-order valence-corrected chi connectivity index (χ0v) is 14.3. The van der Waals surface area contributed by atoms with Crippen LogP contribution in [-0.2, 0) is 4.74 Å². The Morgan fingerprint density at radius 1 is 1.32 bits per heavy atom. The molecule has 1 aliphatic heterocycles. The zero-order chi connectivity index (χ0) is 16.3. The van der Waals surface area contributed by atoms with Crippen molar-refractivity contribution in [1.82, 2.24) is 9.80 Å². The van der Waals surface area contributed by atoms with Crippen molar-refractivity contribution in [3.63, 3.8) is 0 Å². The molecule has 6 nitrogen and oxygen atoms in total. The molecule has 0 aromatic rings. The van der Waals surface area contributed by atoms with Gasteiger partial charge in [-0.2, -0.15) is 0 Å². The molecule has 0 aromatic carbocycles. The fourth-order valence-corrected chi connectivity index (χ4v) is 2.71. The number of piperidine rings is 1. The third kappa shape index (κ3) is 4.78. The molecule has 22 heavy (non-hydrogen) atoms. The Hall–Kier alpha value is -1.46. The highest BCUT2D eigenvalue weighted by molar-refractivity contribution is 5.78. The second-order valence-electron chi connectivity index (χ2n) is 7.36. The Labute approximate surface area is 133 Å². The van der Waals surface area contributed by atoms with Crippen LogP contribution >= 0.6 is 0 Å². The van der Waals surface area contributed by atoms with Crippen LogP contribution in [0.2, 0.25) is 0 Å². The van der Waals surface area contributed by atoms with E-state index in [4.69, 9.17) is 10.5 Å². The molecule has 2 fully saturated rings. The minimum absolute atomic E-state index is 0.0924. The van der Waals surface area contributed by atoms with Crippen LogP contribution < -0.4 is 5.73 Å². The molecule has 126 valence electrons. The predicted octanol–water partition coefficient (Wildman–Crippen LogP) is 2.18. The Morgan fingerprint density at radius 2 is 2.00 bits per heavy atom. The third-order valence-electron chi connectivity index (χ3n) is 4.18. The van der Waals surface area contributed by atoms with E-state index < -0.39 is 5.60 Å². The van der Waals surface area contributed by atoms with Crippen LogP contribution in [0, 0.1) is 0 Å². The molecule has 0 spiro atoms. The molecular formula is C16H30N4O2. The fourth-order valence-electron chi connectivity index (χ4n) is 2.71. The predicted molar refractivity (Wildman–Crippen MR) is 87.9 cm³/mol. The summed E-state index contributed by atoms with van der Waals surface area (Å²) in [4.78, 5) is 20.7. The normalized spacial score (nSPS) is 23.4. The highest BCUT2D eigenvalue weighted by Gasteiger charge is 2.31. The van der Waals surface area contributed by atoms with Gasteiger partial charge < -0.3 is 20.3 Å². The number of ether oxygens (including phenoxy) is 1. The van der Waals surface area contributed by atoms with Crippen molar-refractivity contribution in [2.24, 2.45) is 10.7 Å². The number of hydrogen-bond acceptors (Lipinski definition) is 3. The lowest BCUT2D eigenvalue weighted by molar-refractivity contribution is 0.0109. The molecule has 0 unspecified atom stereocenters. The standard InChI is InChI=1S/C16H30N4O2/c1-16(2,3)22-15(21)20-10-6-5-7-13(20)11-18-14(17)19(4)12-8-9-12/h12-13H,5-11H2,1-4H3,(H2,17,18)/t13-/m1/s1. The lowest BCUT2D eigenvalue weighted by atomic mass is 10.0. The van der Waals surface area contributed by atoms with E-state index in [1.165, 1.54) is 12.8 Å². The fraction of sp³-hybridized carbons (Fsp3) is 0.875. The van der Waals surface area contributed by atoms with Crippen LogP contribution in [-0.4, -0.2) is 59.7 Å². The van der Waals surface area contributed by atoms with Gasteiger partial charge in [-0.25, -0.2) is 4.79 Å². The second-order valence-corrected chi connectivity index (χ2v) is 7.36. The maximum absolute atomic E-state index is 12.3. The Bertz CT molecular complexity index is 426. The highest BCUT2D eigenvalue weighted by atomic mass is 16.6. The number of rotatable bonds is 3. The molecule has 0 bridgehead atoms. The van der Waals surface area contributed by atoms with Gasteiger partial charge in [-0.1, -0.05) is 0 Å². The van der Waals surface area contributed by atoms with Gasteiger partial charge in [-0.05, 0) is 52.9 Å². The maximum Gasteiger partial charge on any atom is 0.410 e. The average molecular weight is 310 g/mol. The van der Waals surface area contributed by atoms with Crippen LogP contribution in [0.4, 0.5) is 4.79 Å². The van der Waals surface area contributed by atoms with E-state index in [0.717, 1.165) is 25.8 Å². The molecule has 0 radical (unpaired) electrons. The van der Waals surface area contributed by atoms with Crippen molar-refractivity contribution in [2.45, 2.75) is 70.6 Å². The van der Waals surface area contributed by atoms with E-state index in [0.29, 0.717) is 18.5 Å². The summed E-state index contributed by atoms with van der Waals surface area (Å²) in [6.07, 6.45) is 5.26. The summed E-state index contributed by atoms with van der Waals surface area (Å²) < 4.78 is 5.51. The number of carbonyl (C=O) groups excluding carboxylic acids is 1. The first-order chi connectivity index (χ1) is 10.3. The molecule has 1 atom stereocenters. The van der Waals surface area contributed by atoms with Gasteiger partial charge in [0.05, 0.1) is 12.6 Å². The van der Waals surface area contributed by atoms with Gasteiger partial charge in [-0.15, -0.1) is 0 Å². The highest BCUT2D eigenvalue weighted by Crippen LogP contribution is 2.25. The average Bonchev–Trinajstić information content (AvgIpc) is 3.27. The topological polar surface area (TPSA) is 71.2 Å². The van der Waals surface area contributed by atoms with E-state index in [1.807, 2.05) is 37.6 Å². The zero-order valence-electron chi connectivity index (χ0n) is 14.3. The van der Waals surface area contributed by atoms with Crippen LogP contribution in [0.15, 0.2) is 4.99 Å². The number of nitrogens with two attached hydrogens (primary N) is 1. The Balaban J connectivity index is 1.94. The minimum Gasteiger partial charge on any atom is -0.444 e. The van der Waals surface area contributed by atoms with Crippen LogP contribution in [0.1, 0.15) is 52.9 Å². The molecular weight excluding hydrogens is 280 g/mol. The minimum atomic E-state index is -0.465. The van der Waals surface area contributed by atoms with Crippen molar-refractivity contribution >= 4 is 12.1 Å². The van der Waals surface area contributed by atoms with Gasteiger partial charge in [0.1, 0.15) is 5.60 Å². The summed E-state index contributed by atoms with van der Waals surface area (Å²) in [7, 11) is 1.99. The van der Waals surface area contributed by atoms with E-state index in [1.54, 1.807) is 0 Å². The molecule has 0 aromatic heterocycles. The van der Waals surface area contributed by atoms with Crippen LogP contribution in [0.25, 0.3) is 0 Å². The SMILES string of the molecule is CN(C(N)=NC[C@H]1CCCCN1C(=O)OC(C)(C)C)C1CC1. The first kappa shape index (κ1) is 16.9. The van der Waals surface area contributed by atoms with E-state index >= 15 is 0 Å². The molecule has 1 aliphatic carbocycles. The van der Waals surface area contributed by atoms with Gasteiger partial charge >= 0.3 is 6.09 Å². The quantitative estimate of drug-likeness (QED) is 0.641. The summed E-state index contributed by atoms with van der Waals surface area (Å²) in [6.45, 7) is 6.98. The molecule has 2 aliphatic rings. The molecule has 2 N–H and O–H groups in total. The number of nitrogens with zero attached hydrogens (tertiary/aromatic N) is 3. The summed E-state index contributed by atoms with van der Waals surface area (Å²) in [6, 6.07) is 0.645. The number of carbonyl (C=O) groups is 1. The third-order valence-corrected chi connectivity index (χ3v) is 4.18. The van der Waals surface area contributed by atoms with Crippen molar-refractivity contribution in [2.75, 3.05) is 20.1 Å². The molecule has 1 saturated heterocycles.